The van der Waals surface area contributed by atoms with Crippen molar-refractivity contribution in [3.05, 3.63) is 41.9 Å². The van der Waals surface area contributed by atoms with Gasteiger partial charge >= 0.3 is 0 Å². The van der Waals surface area contributed by atoms with Gasteiger partial charge in [-0.3, -0.25) is 0 Å². The summed E-state index contributed by atoms with van der Waals surface area (Å²) in [6.07, 6.45) is 18.6. The first-order chi connectivity index (χ1) is 14.5. The molecule has 1 aromatic heterocycles. The Bertz CT molecular complexity index is 896. The molecule has 1 aromatic rings. The molecule has 1 N–H and O–H groups in total. The molecule has 0 unspecified atom stereocenters. The van der Waals surface area contributed by atoms with Gasteiger partial charge in [0.1, 0.15) is 5.76 Å². The Morgan fingerprint density at radius 2 is 1.97 bits per heavy atom. The first-order valence-electron chi connectivity index (χ1n) is 11.7. The molecule has 0 radical (unpaired) electrons. The molecule has 3 fully saturated rings. The number of hydrogen-bond acceptors (Lipinski definition) is 4. The minimum atomic E-state index is -0.125. The summed E-state index contributed by atoms with van der Waals surface area (Å²) in [6.45, 7) is 4.93. The average Bonchev–Trinajstić information content (AvgIpc) is 3.36. The van der Waals surface area contributed by atoms with Crippen LogP contribution in [-0.4, -0.2) is 23.1 Å². The lowest BCUT2D eigenvalue weighted by Crippen LogP contribution is -2.50. The molecule has 1 heterocycles. The molecule has 160 valence electrons. The molecule has 3 saturated carbocycles. The first kappa shape index (κ1) is 20.0. The van der Waals surface area contributed by atoms with Crippen molar-refractivity contribution >= 4 is 18.0 Å². The van der Waals surface area contributed by atoms with E-state index in [-0.39, 0.29) is 11.5 Å². The zero-order chi connectivity index (χ0) is 20.8. The fourth-order valence-corrected chi connectivity index (χ4v) is 7.26. The van der Waals surface area contributed by atoms with Crippen molar-refractivity contribution in [2.24, 2.45) is 38.8 Å². The van der Waals surface area contributed by atoms with Gasteiger partial charge in [-0.15, -0.1) is 0 Å². The fraction of sp³-hybridized carbons (Fsp3) is 0.615. The second-order valence-corrected chi connectivity index (χ2v) is 10.3. The summed E-state index contributed by atoms with van der Waals surface area (Å²) in [7, 11) is 0. The smallest absolute Gasteiger partial charge is 0.126 e. The van der Waals surface area contributed by atoms with Gasteiger partial charge < -0.3 is 9.52 Å². The number of allylic oxidation sites excluding steroid dienone is 2. The van der Waals surface area contributed by atoms with Gasteiger partial charge in [-0.1, -0.05) is 25.5 Å². The molecule has 0 amide bonds. The van der Waals surface area contributed by atoms with Crippen molar-refractivity contribution in [2.45, 2.75) is 71.3 Å². The maximum atomic E-state index is 10.2. The third kappa shape index (κ3) is 3.24. The zero-order valence-electron chi connectivity index (χ0n) is 18.3. The lowest BCUT2D eigenvalue weighted by molar-refractivity contribution is -0.0209. The summed E-state index contributed by atoms with van der Waals surface area (Å²) >= 11 is 0. The molecule has 5 rings (SSSR count). The summed E-state index contributed by atoms with van der Waals surface area (Å²) < 4.78 is 5.30. The predicted molar refractivity (Wildman–Crippen MR) is 121 cm³/mol. The van der Waals surface area contributed by atoms with Gasteiger partial charge in [0.2, 0.25) is 0 Å². The van der Waals surface area contributed by atoms with Gasteiger partial charge in [-0.05, 0) is 98.8 Å². The van der Waals surface area contributed by atoms with Crippen LogP contribution < -0.4 is 0 Å². The van der Waals surface area contributed by atoms with Crippen LogP contribution in [0.4, 0.5) is 0 Å². The molecule has 0 saturated heterocycles. The summed E-state index contributed by atoms with van der Waals surface area (Å²) in [5.74, 6) is 3.06. The highest BCUT2D eigenvalue weighted by Gasteiger charge is 2.57. The Kier molecular flexibility index (Phi) is 5.09. The van der Waals surface area contributed by atoms with Crippen LogP contribution >= 0.6 is 0 Å². The fourth-order valence-electron chi connectivity index (χ4n) is 7.26. The summed E-state index contributed by atoms with van der Waals surface area (Å²) in [4.78, 5) is 0. The Morgan fingerprint density at radius 1 is 1.13 bits per heavy atom. The van der Waals surface area contributed by atoms with Gasteiger partial charge in [-0.25, -0.2) is 0 Å². The Balaban J connectivity index is 1.33. The van der Waals surface area contributed by atoms with Crippen LogP contribution in [0.3, 0.4) is 0 Å². The number of hydrogen-bond donors (Lipinski definition) is 1. The number of furan rings is 1. The molecule has 4 aliphatic rings. The van der Waals surface area contributed by atoms with Gasteiger partial charge in [-0.2, -0.15) is 10.2 Å². The molecule has 0 bridgehead atoms. The van der Waals surface area contributed by atoms with E-state index < -0.39 is 0 Å². The Labute approximate surface area is 179 Å². The zero-order valence-corrected chi connectivity index (χ0v) is 18.3. The van der Waals surface area contributed by atoms with Gasteiger partial charge in [0.25, 0.3) is 0 Å². The third-order valence-corrected chi connectivity index (χ3v) is 8.95. The van der Waals surface area contributed by atoms with Crippen molar-refractivity contribution in [3.63, 3.8) is 0 Å². The number of nitrogens with zero attached hydrogens (tertiary/aromatic N) is 2. The minimum Gasteiger partial charge on any atom is -0.465 e. The highest BCUT2D eigenvalue weighted by molar-refractivity contribution is 5.93. The van der Waals surface area contributed by atoms with Crippen LogP contribution in [0.25, 0.3) is 6.08 Å². The molecular weight excluding hydrogens is 372 g/mol. The largest absolute Gasteiger partial charge is 0.465 e. The van der Waals surface area contributed by atoms with E-state index in [1.807, 2.05) is 24.3 Å². The SMILES string of the molecule is C[C@]12CC[C@@H](O)CC1=CC[C@@H]1[C@@H]2CC[C@]2(C)\C(=N/N=C\C=C\c3ccco3)CC[C@@H]12. The Morgan fingerprint density at radius 3 is 2.80 bits per heavy atom. The highest BCUT2D eigenvalue weighted by atomic mass is 16.3. The monoisotopic (exact) mass is 406 g/mol. The molecule has 4 nitrogen and oxygen atoms in total. The van der Waals surface area contributed by atoms with Crippen molar-refractivity contribution in [3.8, 4) is 0 Å². The molecule has 30 heavy (non-hydrogen) atoms. The molecule has 4 aliphatic carbocycles. The van der Waals surface area contributed by atoms with Gasteiger partial charge in [0.05, 0.1) is 12.4 Å². The summed E-state index contributed by atoms with van der Waals surface area (Å²) in [5, 5.41) is 19.3. The van der Waals surface area contributed by atoms with E-state index in [0.29, 0.717) is 11.3 Å². The standard InChI is InChI=1S/C26H34N2O2/c1-25-13-11-19(29)17-18(25)7-8-21-22-9-10-24(26(22,2)14-12-23(21)25)28-27-15-3-5-20-6-4-16-30-20/h3-7,15-16,19,21-23,29H,8-14,17H2,1-2H3/b5-3+,27-15-,28-24-/t19-,21+,22+,23+,25+,26+/m1/s1. The van der Waals surface area contributed by atoms with Gasteiger partial charge in [0, 0.05) is 17.3 Å². The predicted octanol–water partition coefficient (Wildman–Crippen LogP) is 6.04. The van der Waals surface area contributed by atoms with E-state index >= 15 is 0 Å². The van der Waals surface area contributed by atoms with Gasteiger partial charge in [0.15, 0.2) is 0 Å². The molecule has 0 aliphatic heterocycles. The van der Waals surface area contributed by atoms with Crippen LogP contribution in [0.2, 0.25) is 0 Å². The lowest BCUT2D eigenvalue weighted by atomic mass is 9.48. The van der Waals surface area contributed by atoms with E-state index in [1.165, 1.54) is 31.4 Å². The topological polar surface area (TPSA) is 58.1 Å². The minimum absolute atomic E-state index is 0.125. The van der Waals surface area contributed by atoms with Crippen molar-refractivity contribution in [1.82, 2.24) is 0 Å². The molecule has 6 atom stereocenters. The second-order valence-electron chi connectivity index (χ2n) is 10.3. The summed E-state index contributed by atoms with van der Waals surface area (Å²) in [6, 6.07) is 3.81. The second kappa shape index (κ2) is 7.64. The van der Waals surface area contributed by atoms with Crippen LogP contribution in [0.5, 0.6) is 0 Å². The summed E-state index contributed by atoms with van der Waals surface area (Å²) in [5.41, 5.74) is 3.34. The van der Waals surface area contributed by atoms with Crippen LogP contribution in [-0.2, 0) is 0 Å². The van der Waals surface area contributed by atoms with Crippen molar-refractivity contribution in [1.29, 1.82) is 0 Å². The van der Waals surface area contributed by atoms with E-state index in [9.17, 15) is 5.11 Å². The van der Waals surface area contributed by atoms with Crippen LogP contribution in [0.15, 0.2) is 50.7 Å². The van der Waals surface area contributed by atoms with E-state index in [1.54, 1.807) is 18.1 Å². The molecule has 0 aromatic carbocycles. The van der Waals surface area contributed by atoms with E-state index in [2.05, 4.69) is 25.0 Å². The first-order valence-corrected chi connectivity index (χ1v) is 11.7. The number of rotatable bonds is 3. The maximum absolute atomic E-state index is 10.2. The van der Waals surface area contributed by atoms with Crippen LogP contribution in [0.1, 0.15) is 71.0 Å². The number of aliphatic hydroxyl groups is 1. The highest BCUT2D eigenvalue weighted by Crippen LogP contribution is 2.64. The normalized spacial score (nSPS) is 42.4. The number of fused-ring (bicyclic) bond motifs is 5. The average molecular weight is 407 g/mol. The van der Waals surface area contributed by atoms with Crippen molar-refractivity contribution < 1.29 is 9.52 Å². The Hall–Kier alpha value is -1.94. The lowest BCUT2D eigenvalue weighted by Gasteiger charge is -2.57. The third-order valence-electron chi connectivity index (χ3n) is 8.95. The molecule has 4 heteroatoms. The van der Waals surface area contributed by atoms with Crippen molar-refractivity contribution in [2.75, 3.05) is 0 Å². The molecule has 0 spiro atoms. The maximum Gasteiger partial charge on any atom is 0.126 e. The van der Waals surface area contributed by atoms with Crippen LogP contribution in [0, 0.1) is 28.6 Å². The molecular formula is C26H34N2O2. The van der Waals surface area contributed by atoms with E-state index in [0.717, 1.165) is 43.3 Å². The van der Waals surface area contributed by atoms with E-state index in [4.69, 9.17) is 9.52 Å². The quantitative estimate of drug-likeness (QED) is 0.378. The number of aliphatic hydroxyl groups excluding tert-OH is 1.